The first-order valence-electron chi connectivity index (χ1n) is 11.1. The molecule has 1 spiro atoms. The SMILES string of the molecule is CCc1cccc(Cl)c1COc1ccc2c(c1)OCC21CCN(CCCC(=O)O)CC1.Cl. The number of aryl methyl sites for hydroxylation is 1. The second kappa shape index (κ2) is 10.8. The number of carbonyl (C=O) groups is 1. The van der Waals surface area contributed by atoms with E-state index in [1.165, 1.54) is 11.1 Å². The third-order valence-electron chi connectivity index (χ3n) is 6.69. The molecule has 2 aliphatic rings. The summed E-state index contributed by atoms with van der Waals surface area (Å²) in [4.78, 5) is 13.1. The lowest BCUT2D eigenvalue weighted by Gasteiger charge is -2.38. The van der Waals surface area contributed by atoms with Gasteiger partial charge in [-0.25, -0.2) is 0 Å². The molecule has 1 fully saturated rings. The number of fused-ring (bicyclic) bond motifs is 2. The lowest BCUT2D eigenvalue weighted by molar-refractivity contribution is -0.137. The van der Waals surface area contributed by atoms with Crippen LogP contribution in [-0.4, -0.2) is 42.2 Å². The molecule has 1 saturated heterocycles. The van der Waals surface area contributed by atoms with Crippen LogP contribution in [0.4, 0.5) is 0 Å². The average molecular weight is 480 g/mol. The predicted octanol–water partition coefficient (Wildman–Crippen LogP) is 5.49. The lowest BCUT2D eigenvalue weighted by Crippen LogP contribution is -2.43. The molecule has 0 unspecified atom stereocenters. The topological polar surface area (TPSA) is 59.0 Å². The summed E-state index contributed by atoms with van der Waals surface area (Å²) in [6.07, 6.45) is 3.94. The zero-order valence-corrected chi connectivity index (χ0v) is 20.0. The Bertz CT molecular complexity index is 942. The van der Waals surface area contributed by atoms with Gasteiger partial charge in [-0.3, -0.25) is 4.79 Å². The summed E-state index contributed by atoms with van der Waals surface area (Å²) in [5.41, 5.74) is 3.59. The van der Waals surface area contributed by atoms with Crippen LogP contribution in [0.3, 0.4) is 0 Å². The van der Waals surface area contributed by atoms with Crippen molar-refractivity contribution in [3.8, 4) is 11.5 Å². The van der Waals surface area contributed by atoms with E-state index in [2.05, 4.69) is 24.0 Å². The number of carboxylic acid groups (broad SMARTS) is 1. The number of halogens is 2. The van der Waals surface area contributed by atoms with Gasteiger partial charge in [0.2, 0.25) is 0 Å². The number of hydrogen-bond donors (Lipinski definition) is 1. The van der Waals surface area contributed by atoms with Crippen molar-refractivity contribution in [2.24, 2.45) is 0 Å². The van der Waals surface area contributed by atoms with Crippen molar-refractivity contribution in [1.29, 1.82) is 0 Å². The molecule has 2 heterocycles. The first kappa shape index (κ1) is 24.7. The molecule has 5 nitrogen and oxygen atoms in total. The number of aliphatic carboxylic acids is 1. The summed E-state index contributed by atoms with van der Waals surface area (Å²) in [6, 6.07) is 12.2. The second-order valence-corrected chi connectivity index (χ2v) is 8.99. The maximum atomic E-state index is 10.7. The van der Waals surface area contributed by atoms with Crippen molar-refractivity contribution >= 4 is 30.0 Å². The Morgan fingerprint density at radius 3 is 2.75 bits per heavy atom. The van der Waals surface area contributed by atoms with Gasteiger partial charge in [0, 0.05) is 34.1 Å². The fourth-order valence-electron chi connectivity index (χ4n) is 4.77. The number of likely N-dealkylation sites (tertiary alicyclic amines) is 1. The largest absolute Gasteiger partial charge is 0.492 e. The minimum Gasteiger partial charge on any atom is -0.492 e. The smallest absolute Gasteiger partial charge is 0.303 e. The van der Waals surface area contributed by atoms with Crippen LogP contribution < -0.4 is 9.47 Å². The molecule has 4 rings (SSSR count). The molecule has 7 heteroatoms. The van der Waals surface area contributed by atoms with Gasteiger partial charge in [0.05, 0.1) is 6.61 Å². The molecule has 32 heavy (non-hydrogen) atoms. The van der Waals surface area contributed by atoms with Gasteiger partial charge < -0.3 is 19.5 Å². The Morgan fingerprint density at radius 1 is 1.25 bits per heavy atom. The maximum Gasteiger partial charge on any atom is 0.303 e. The lowest BCUT2D eigenvalue weighted by atomic mass is 9.74. The van der Waals surface area contributed by atoms with Crippen molar-refractivity contribution < 1.29 is 19.4 Å². The average Bonchev–Trinajstić information content (AvgIpc) is 3.11. The first-order valence-corrected chi connectivity index (χ1v) is 11.5. The molecule has 2 aromatic carbocycles. The van der Waals surface area contributed by atoms with Gasteiger partial charge in [0.15, 0.2) is 0 Å². The van der Waals surface area contributed by atoms with Crippen molar-refractivity contribution in [1.82, 2.24) is 4.90 Å². The van der Waals surface area contributed by atoms with Crippen molar-refractivity contribution in [3.05, 3.63) is 58.1 Å². The molecule has 2 aliphatic heterocycles. The van der Waals surface area contributed by atoms with Crippen LogP contribution in [0.2, 0.25) is 5.02 Å². The molecule has 0 atom stereocenters. The van der Waals surface area contributed by atoms with Gasteiger partial charge in [0.1, 0.15) is 18.1 Å². The van der Waals surface area contributed by atoms with E-state index in [9.17, 15) is 4.79 Å². The van der Waals surface area contributed by atoms with Crippen LogP contribution in [0, 0.1) is 0 Å². The molecular formula is C25H31Cl2NO4. The summed E-state index contributed by atoms with van der Waals surface area (Å²) in [5.74, 6) is 1.00. The molecule has 0 radical (unpaired) electrons. The zero-order valence-electron chi connectivity index (χ0n) is 18.4. The monoisotopic (exact) mass is 479 g/mol. The Morgan fingerprint density at radius 2 is 2.03 bits per heavy atom. The molecular weight excluding hydrogens is 449 g/mol. The van der Waals surface area contributed by atoms with Gasteiger partial charge in [-0.15, -0.1) is 12.4 Å². The van der Waals surface area contributed by atoms with E-state index in [1.54, 1.807) is 0 Å². The molecule has 1 N–H and O–H groups in total. The molecule has 0 aliphatic carbocycles. The first-order chi connectivity index (χ1) is 15.0. The molecule has 2 aromatic rings. The highest BCUT2D eigenvalue weighted by Crippen LogP contribution is 2.46. The number of carboxylic acids is 1. The Hall–Kier alpha value is -1.95. The number of hydrogen-bond acceptors (Lipinski definition) is 4. The van der Waals surface area contributed by atoms with Gasteiger partial charge in [0.25, 0.3) is 0 Å². The highest BCUT2D eigenvalue weighted by molar-refractivity contribution is 6.31. The van der Waals surface area contributed by atoms with E-state index in [-0.39, 0.29) is 24.2 Å². The molecule has 0 amide bonds. The van der Waals surface area contributed by atoms with Gasteiger partial charge in [-0.1, -0.05) is 36.7 Å². The van der Waals surface area contributed by atoms with E-state index >= 15 is 0 Å². The quantitative estimate of drug-likeness (QED) is 0.541. The minimum atomic E-state index is -0.718. The Labute approximate surface area is 201 Å². The molecule has 0 bridgehead atoms. The summed E-state index contributed by atoms with van der Waals surface area (Å²) >= 11 is 6.39. The summed E-state index contributed by atoms with van der Waals surface area (Å²) < 4.78 is 12.2. The number of piperidine rings is 1. The fourth-order valence-corrected chi connectivity index (χ4v) is 5.02. The Balaban J connectivity index is 0.00000289. The number of benzene rings is 2. The highest BCUT2D eigenvalue weighted by atomic mass is 35.5. The minimum absolute atomic E-state index is 0. The third-order valence-corrected chi connectivity index (χ3v) is 7.04. The summed E-state index contributed by atoms with van der Waals surface area (Å²) in [6.45, 7) is 6.08. The number of rotatable bonds is 8. The molecule has 0 aromatic heterocycles. The van der Waals surface area contributed by atoms with Crippen LogP contribution in [0.5, 0.6) is 11.5 Å². The second-order valence-electron chi connectivity index (χ2n) is 8.59. The van der Waals surface area contributed by atoms with E-state index in [0.29, 0.717) is 19.6 Å². The number of nitrogens with zero attached hydrogens (tertiary/aromatic N) is 1. The maximum absolute atomic E-state index is 10.7. The summed E-state index contributed by atoms with van der Waals surface area (Å²) in [5, 5.41) is 9.57. The predicted molar refractivity (Wildman–Crippen MR) is 129 cm³/mol. The fraction of sp³-hybridized carbons (Fsp3) is 0.480. The van der Waals surface area contributed by atoms with Crippen LogP contribution in [-0.2, 0) is 23.2 Å². The van der Waals surface area contributed by atoms with Crippen LogP contribution in [0.15, 0.2) is 36.4 Å². The van der Waals surface area contributed by atoms with Gasteiger partial charge in [-0.05, 0) is 63.0 Å². The van der Waals surface area contributed by atoms with E-state index in [1.807, 2.05) is 24.3 Å². The van der Waals surface area contributed by atoms with Crippen molar-refractivity contribution in [2.75, 3.05) is 26.2 Å². The zero-order chi connectivity index (χ0) is 21.8. The van der Waals surface area contributed by atoms with Crippen molar-refractivity contribution in [2.45, 2.75) is 51.0 Å². The normalized spacial score (nSPS) is 16.8. The van der Waals surface area contributed by atoms with E-state index in [0.717, 1.165) is 61.0 Å². The van der Waals surface area contributed by atoms with E-state index < -0.39 is 5.97 Å². The van der Waals surface area contributed by atoms with Crippen molar-refractivity contribution in [3.63, 3.8) is 0 Å². The highest BCUT2D eigenvalue weighted by Gasteiger charge is 2.43. The third kappa shape index (κ3) is 5.33. The van der Waals surface area contributed by atoms with Crippen LogP contribution in [0.1, 0.15) is 49.3 Å². The van der Waals surface area contributed by atoms with Gasteiger partial charge in [-0.2, -0.15) is 0 Å². The molecule has 174 valence electrons. The summed E-state index contributed by atoms with van der Waals surface area (Å²) in [7, 11) is 0. The van der Waals surface area contributed by atoms with Crippen LogP contribution in [0.25, 0.3) is 0 Å². The number of ether oxygens (including phenoxy) is 2. The molecule has 0 saturated carbocycles. The van der Waals surface area contributed by atoms with Gasteiger partial charge >= 0.3 is 5.97 Å². The standard InChI is InChI=1S/C25H30ClNO4.ClH/c1-2-18-5-3-6-22(26)20(18)16-30-19-8-9-21-23(15-19)31-17-25(21)10-13-27(14-11-25)12-4-7-24(28)29;/h3,5-6,8-9,15H,2,4,7,10-14,16-17H2,1H3,(H,28,29);1H. The van der Waals surface area contributed by atoms with Crippen LogP contribution >= 0.6 is 24.0 Å². The Kier molecular flexibility index (Phi) is 8.32. The van der Waals surface area contributed by atoms with E-state index in [4.69, 9.17) is 26.2 Å².